The van der Waals surface area contributed by atoms with E-state index < -0.39 is 10.0 Å². The van der Waals surface area contributed by atoms with E-state index in [1.165, 1.54) is 4.31 Å². The molecule has 0 unspecified atom stereocenters. The number of sulfonamides is 1. The van der Waals surface area contributed by atoms with Gasteiger partial charge in [0.1, 0.15) is 0 Å². The fraction of sp³-hybridized carbons (Fsp3) is 0.286. The molecule has 0 N–H and O–H groups in total. The predicted octanol–water partition coefficient (Wildman–Crippen LogP) is 3.62. The van der Waals surface area contributed by atoms with Crippen LogP contribution in [0.25, 0.3) is 0 Å². The van der Waals surface area contributed by atoms with Gasteiger partial charge in [-0.05, 0) is 35.6 Å². The van der Waals surface area contributed by atoms with Crippen molar-refractivity contribution in [3.8, 4) is 0 Å². The number of thiophene rings is 1. The normalized spacial score (nSPS) is 12.0. The van der Waals surface area contributed by atoms with Crippen molar-refractivity contribution in [2.24, 2.45) is 0 Å². The summed E-state index contributed by atoms with van der Waals surface area (Å²) in [5.74, 6) is 0.309. The number of rotatable bonds is 5. The highest BCUT2D eigenvalue weighted by Gasteiger charge is 2.23. The van der Waals surface area contributed by atoms with Crippen LogP contribution in [-0.2, 0) is 22.4 Å². The molecule has 0 bridgehead atoms. The molecule has 2 aromatic rings. The topological polar surface area (TPSA) is 37.4 Å². The Labute approximate surface area is 128 Å². The van der Waals surface area contributed by atoms with Crippen LogP contribution in [0.15, 0.2) is 40.6 Å². The quantitative estimate of drug-likeness (QED) is 0.786. The number of alkyl halides is 1. The molecule has 0 saturated heterocycles. The fourth-order valence-electron chi connectivity index (χ4n) is 1.96. The maximum Gasteiger partial charge on any atom is 0.243 e. The van der Waals surface area contributed by atoms with Gasteiger partial charge >= 0.3 is 0 Å². The third kappa shape index (κ3) is 3.06. The molecule has 108 valence electrons. The Morgan fingerprint density at radius 2 is 2.00 bits per heavy atom. The second-order valence-electron chi connectivity index (χ2n) is 4.51. The number of benzene rings is 1. The second-order valence-corrected chi connectivity index (χ2v) is 7.83. The van der Waals surface area contributed by atoms with Crippen molar-refractivity contribution < 1.29 is 8.42 Å². The van der Waals surface area contributed by atoms with Crippen LogP contribution >= 0.6 is 22.9 Å². The van der Waals surface area contributed by atoms with Gasteiger partial charge in [0, 0.05) is 24.3 Å². The zero-order valence-electron chi connectivity index (χ0n) is 11.3. The van der Waals surface area contributed by atoms with Gasteiger partial charge in [-0.1, -0.05) is 18.2 Å². The van der Waals surface area contributed by atoms with E-state index in [1.807, 2.05) is 23.6 Å². The monoisotopic (exact) mass is 329 g/mol. The first-order valence-corrected chi connectivity index (χ1v) is 8.95. The van der Waals surface area contributed by atoms with Crippen LogP contribution in [-0.4, -0.2) is 19.8 Å². The van der Waals surface area contributed by atoms with Gasteiger partial charge in [0.15, 0.2) is 0 Å². The summed E-state index contributed by atoms with van der Waals surface area (Å²) < 4.78 is 26.6. The van der Waals surface area contributed by atoms with Crippen LogP contribution in [0.2, 0.25) is 0 Å². The molecule has 0 radical (unpaired) electrons. The van der Waals surface area contributed by atoms with E-state index in [-0.39, 0.29) is 0 Å². The standard InChI is InChI=1S/C14H16ClNO2S2/c1-11-12(9-15)5-3-7-14(11)20(17,18)16(2)10-13-6-4-8-19-13/h3-8H,9-10H2,1-2H3. The summed E-state index contributed by atoms with van der Waals surface area (Å²) >= 11 is 7.39. The Morgan fingerprint density at radius 3 is 2.60 bits per heavy atom. The lowest BCUT2D eigenvalue weighted by atomic mass is 10.1. The smallest absolute Gasteiger partial charge is 0.207 e. The van der Waals surface area contributed by atoms with E-state index in [9.17, 15) is 8.42 Å². The van der Waals surface area contributed by atoms with Crippen molar-refractivity contribution in [3.05, 3.63) is 51.7 Å². The lowest BCUT2D eigenvalue weighted by Crippen LogP contribution is -2.27. The van der Waals surface area contributed by atoms with Crippen LogP contribution in [0.4, 0.5) is 0 Å². The Morgan fingerprint density at radius 1 is 1.25 bits per heavy atom. The van der Waals surface area contributed by atoms with Crippen LogP contribution < -0.4 is 0 Å². The maximum absolute atomic E-state index is 12.6. The minimum absolute atomic E-state index is 0.309. The zero-order chi connectivity index (χ0) is 14.8. The summed E-state index contributed by atoms with van der Waals surface area (Å²) in [5, 5.41) is 1.94. The van der Waals surface area contributed by atoms with Crippen molar-refractivity contribution >= 4 is 33.0 Å². The molecule has 3 nitrogen and oxygen atoms in total. The van der Waals surface area contributed by atoms with E-state index in [1.54, 1.807) is 37.4 Å². The van der Waals surface area contributed by atoms with E-state index in [0.717, 1.165) is 16.0 Å². The molecule has 0 aliphatic rings. The first-order valence-electron chi connectivity index (χ1n) is 6.10. The first kappa shape index (κ1) is 15.5. The molecule has 6 heteroatoms. The maximum atomic E-state index is 12.6. The summed E-state index contributed by atoms with van der Waals surface area (Å²) in [6.07, 6.45) is 0. The molecule has 0 aliphatic heterocycles. The molecule has 20 heavy (non-hydrogen) atoms. The lowest BCUT2D eigenvalue weighted by molar-refractivity contribution is 0.469. The minimum atomic E-state index is -3.50. The van der Waals surface area contributed by atoms with Crippen LogP contribution in [0.5, 0.6) is 0 Å². The molecular weight excluding hydrogens is 314 g/mol. The third-order valence-electron chi connectivity index (χ3n) is 3.19. The second kappa shape index (κ2) is 6.26. The number of halogens is 1. The Balaban J connectivity index is 2.35. The number of hydrogen-bond acceptors (Lipinski definition) is 3. The van der Waals surface area contributed by atoms with E-state index in [2.05, 4.69) is 0 Å². The minimum Gasteiger partial charge on any atom is -0.207 e. The van der Waals surface area contributed by atoms with Crippen molar-refractivity contribution in [3.63, 3.8) is 0 Å². The van der Waals surface area contributed by atoms with Gasteiger partial charge in [0.2, 0.25) is 10.0 Å². The summed E-state index contributed by atoms with van der Waals surface area (Å²) in [5.41, 5.74) is 1.57. The van der Waals surface area contributed by atoms with Gasteiger partial charge < -0.3 is 0 Å². The fourth-order valence-corrected chi connectivity index (χ4v) is 4.50. The van der Waals surface area contributed by atoms with Gasteiger partial charge in [-0.25, -0.2) is 8.42 Å². The average molecular weight is 330 g/mol. The highest BCUT2D eigenvalue weighted by Crippen LogP contribution is 2.24. The van der Waals surface area contributed by atoms with Crippen LogP contribution in [0.3, 0.4) is 0 Å². The highest BCUT2D eigenvalue weighted by molar-refractivity contribution is 7.89. The molecule has 1 heterocycles. The lowest BCUT2D eigenvalue weighted by Gasteiger charge is -2.18. The van der Waals surface area contributed by atoms with E-state index in [4.69, 9.17) is 11.6 Å². The molecular formula is C14H16ClNO2S2. The SMILES string of the molecule is Cc1c(CCl)cccc1S(=O)(=O)N(C)Cc1cccs1. The average Bonchev–Trinajstić information content (AvgIpc) is 2.91. The van der Waals surface area contributed by atoms with Gasteiger partial charge in [0.05, 0.1) is 4.90 Å². The Hall–Kier alpha value is -0.880. The summed E-state index contributed by atoms with van der Waals surface area (Å²) in [4.78, 5) is 1.34. The van der Waals surface area contributed by atoms with Gasteiger partial charge in [-0.3, -0.25) is 0 Å². The van der Waals surface area contributed by atoms with E-state index >= 15 is 0 Å². The molecule has 0 fully saturated rings. The van der Waals surface area contributed by atoms with Crippen molar-refractivity contribution in [1.29, 1.82) is 0 Å². The molecule has 2 rings (SSSR count). The van der Waals surface area contributed by atoms with Crippen LogP contribution in [0.1, 0.15) is 16.0 Å². The third-order valence-corrected chi connectivity index (χ3v) is 6.28. The van der Waals surface area contributed by atoms with Gasteiger partial charge in [-0.2, -0.15) is 4.31 Å². The summed E-state index contributed by atoms with van der Waals surface area (Å²) in [7, 11) is -1.90. The van der Waals surface area contributed by atoms with Gasteiger partial charge in [-0.15, -0.1) is 22.9 Å². The largest absolute Gasteiger partial charge is 0.243 e. The van der Waals surface area contributed by atoms with Crippen molar-refractivity contribution in [2.75, 3.05) is 7.05 Å². The molecule has 0 atom stereocenters. The van der Waals surface area contributed by atoms with Crippen molar-refractivity contribution in [2.45, 2.75) is 24.2 Å². The molecule has 0 spiro atoms. The Bertz CT molecular complexity index is 681. The molecule has 0 aliphatic carbocycles. The molecule has 0 amide bonds. The molecule has 0 saturated carbocycles. The molecule has 1 aromatic carbocycles. The number of nitrogens with zero attached hydrogens (tertiary/aromatic N) is 1. The van der Waals surface area contributed by atoms with Crippen LogP contribution in [0, 0.1) is 6.92 Å². The predicted molar refractivity (Wildman–Crippen MR) is 83.7 cm³/mol. The zero-order valence-corrected chi connectivity index (χ0v) is 13.7. The number of hydrogen-bond donors (Lipinski definition) is 0. The highest BCUT2D eigenvalue weighted by atomic mass is 35.5. The summed E-state index contributed by atoms with van der Waals surface area (Å²) in [6.45, 7) is 2.17. The first-order chi connectivity index (χ1) is 9.46. The summed E-state index contributed by atoms with van der Waals surface area (Å²) in [6, 6.07) is 9.06. The van der Waals surface area contributed by atoms with E-state index in [0.29, 0.717) is 17.3 Å². The van der Waals surface area contributed by atoms with Gasteiger partial charge in [0.25, 0.3) is 0 Å². The van der Waals surface area contributed by atoms with Crippen molar-refractivity contribution in [1.82, 2.24) is 4.31 Å². The Kier molecular flexibility index (Phi) is 4.86. The molecule has 1 aromatic heterocycles.